The van der Waals surface area contributed by atoms with Gasteiger partial charge in [0.15, 0.2) is 17.2 Å². The van der Waals surface area contributed by atoms with Gasteiger partial charge in [-0.1, -0.05) is 12.1 Å². The van der Waals surface area contributed by atoms with Gasteiger partial charge >= 0.3 is 6.09 Å². The van der Waals surface area contributed by atoms with Crippen molar-refractivity contribution in [2.75, 3.05) is 70.2 Å². The van der Waals surface area contributed by atoms with Crippen molar-refractivity contribution < 1.29 is 27.8 Å². The number of imidazole rings is 1. The van der Waals surface area contributed by atoms with Crippen LogP contribution >= 0.6 is 0 Å². The van der Waals surface area contributed by atoms with Crippen LogP contribution in [0.25, 0.3) is 5.65 Å². The first-order chi connectivity index (χ1) is 25.8. The maximum atomic E-state index is 16.0. The molecular weight excluding hydrogens is 696 g/mol. The predicted molar refractivity (Wildman–Crippen MR) is 201 cm³/mol. The van der Waals surface area contributed by atoms with Gasteiger partial charge in [-0.25, -0.2) is 23.1 Å². The highest BCUT2D eigenvalue weighted by molar-refractivity contribution is 5.94. The largest absolute Gasteiger partial charge is 0.444 e. The molecule has 8 rings (SSSR count). The van der Waals surface area contributed by atoms with Crippen LogP contribution < -0.4 is 15.5 Å². The summed E-state index contributed by atoms with van der Waals surface area (Å²) in [5, 5.41) is 11.2. The molecule has 4 fully saturated rings. The van der Waals surface area contributed by atoms with E-state index in [1.54, 1.807) is 22.7 Å². The molecule has 292 valence electrons. The molecule has 2 aromatic heterocycles. The fraction of sp³-hybridized carbons (Fsp3) is 0.641. The number of ether oxygens (including phenoxy) is 2. The lowest BCUT2D eigenvalue weighted by atomic mass is 9.71. The second-order valence-corrected chi connectivity index (χ2v) is 16.9. The highest BCUT2D eigenvalue weighted by Gasteiger charge is 2.52. The molecule has 13 nitrogen and oxygen atoms in total. The molecule has 4 aliphatic heterocycles. The van der Waals surface area contributed by atoms with E-state index in [1.165, 1.54) is 0 Å². The molecule has 0 radical (unpaired) electrons. The molecule has 54 heavy (non-hydrogen) atoms. The average Bonchev–Trinajstić information content (AvgIpc) is 3.73. The van der Waals surface area contributed by atoms with E-state index in [-0.39, 0.29) is 36.1 Å². The zero-order chi connectivity index (χ0) is 38.0. The minimum absolute atomic E-state index is 0.00796. The van der Waals surface area contributed by atoms with E-state index in [0.717, 1.165) is 54.6 Å². The molecular formula is C39H53F2N9O4. The molecule has 3 aromatic rings. The number of piperidine rings is 2. The summed E-state index contributed by atoms with van der Waals surface area (Å²) in [5.74, 6) is -2.42. The van der Waals surface area contributed by atoms with E-state index in [1.807, 2.05) is 49.8 Å². The van der Waals surface area contributed by atoms with Gasteiger partial charge in [-0.05, 0) is 89.6 Å². The maximum absolute atomic E-state index is 16.0. The Morgan fingerprint density at radius 2 is 1.81 bits per heavy atom. The summed E-state index contributed by atoms with van der Waals surface area (Å²) in [4.78, 5) is 38.1. The van der Waals surface area contributed by atoms with E-state index in [4.69, 9.17) is 14.6 Å². The summed E-state index contributed by atoms with van der Waals surface area (Å²) in [6.45, 7) is 9.56. The summed E-state index contributed by atoms with van der Waals surface area (Å²) in [5.41, 5.74) is 4.30. The van der Waals surface area contributed by atoms with Crippen molar-refractivity contribution in [3.8, 4) is 0 Å². The van der Waals surface area contributed by atoms with E-state index >= 15 is 8.78 Å². The highest BCUT2D eigenvalue weighted by atomic mass is 19.3. The fourth-order valence-electron chi connectivity index (χ4n) is 9.15. The topological polar surface area (TPSA) is 120 Å². The van der Waals surface area contributed by atoms with Crippen molar-refractivity contribution in [1.82, 2.24) is 34.6 Å². The molecule has 0 bridgehead atoms. The SMILES string of the molecule is CNc1cc(N2CCc3c(CN4CCC(N5CCC6(CC5)CN(C(=O)OC(C)(C)C)C6)C(F)(F)C4)cccc32)nn2c(C(=O)N[C@@H]3CC[C@H]3OC)cnc12. The standard InChI is InChI=1S/C39H53F2N9O4/c1-37(2,3)54-36(52)48-22-38(23-48)13-17-47(18-14-38)32-12-15-46(24-39(32,40)41)21-25-7-6-8-29-26(25)11-16-49(29)33-19-28(42-4)34-43-20-30(50(34)45-33)35(51)44-27-9-10-31(27)53-5/h6-8,19-20,27,31-32,42H,9-18,21-24H2,1-5H3,(H,44,51)/t27-,31-,32?/m1/s1. The number of aromatic nitrogens is 3. The van der Waals surface area contributed by atoms with Gasteiger partial charge in [-0.3, -0.25) is 14.6 Å². The summed E-state index contributed by atoms with van der Waals surface area (Å²) in [7, 11) is 3.48. The van der Waals surface area contributed by atoms with Crippen molar-refractivity contribution in [1.29, 1.82) is 0 Å². The molecule has 2 amide bonds. The summed E-state index contributed by atoms with van der Waals surface area (Å²) < 4.78 is 44.5. The third kappa shape index (κ3) is 6.87. The monoisotopic (exact) mass is 749 g/mol. The van der Waals surface area contributed by atoms with Crippen LogP contribution in [0.5, 0.6) is 0 Å². The summed E-state index contributed by atoms with van der Waals surface area (Å²) in [6.07, 6.45) is 5.85. The van der Waals surface area contributed by atoms with Gasteiger partial charge in [0.2, 0.25) is 0 Å². The number of nitrogens with one attached hydrogen (secondary N) is 2. The van der Waals surface area contributed by atoms with Crippen molar-refractivity contribution in [3.63, 3.8) is 0 Å². The van der Waals surface area contributed by atoms with Crippen LogP contribution in [0.3, 0.4) is 0 Å². The number of carbonyl (C=O) groups is 2. The smallest absolute Gasteiger partial charge is 0.410 e. The third-order valence-electron chi connectivity index (χ3n) is 12.2. The molecule has 1 unspecified atom stereocenters. The van der Waals surface area contributed by atoms with Gasteiger partial charge in [0.1, 0.15) is 5.60 Å². The van der Waals surface area contributed by atoms with Crippen molar-refractivity contribution >= 4 is 34.8 Å². The Kier molecular flexibility index (Phi) is 9.49. The van der Waals surface area contributed by atoms with Gasteiger partial charge in [-0.2, -0.15) is 0 Å². The number of methoxy groups -OCH3 is 1. The van der Waals surface area contributed by atoms with Gasteiger partial charge in [0.25, 0.3) is 11.8 Å². The number of nitrogens with zero attached hydrogens (tertiary/aromatic N) is 7. The van der Waals surface area contributed by atoms with Crippen LogP contribution in [0.4, 0.5) is 30.8 Å². The molecule has 2 N–H and O–H groups in total. The van der Waals surface area contributed by atoms with Crippen LogP contribution in [-0.2, 0) is 22.4 Å². The Balaban J connectivity index is 0.914. The summed E-state index contributed by atoms with van der Waals surface area (Å²) >= 11 is 0. The molecule has 1 saturated carbocycles. The van der Waals surface area contributed by atoms with Crippen LogP contribution in [0, 0.1) is 5.41 Å². The van der Waals surface area contributed by atoms with Gasteiger partial charge in [0, 0.05) is 64.0 Å². The number of hydrogen-bond donors (Lipinski definition) is 2. The number of rotatable bonds is 8. The molecule has 3 atom stereocenters. The highest BCUT2D eigenvalue weighted by Crippen LogP contribution is 2.44. The molecule has 3 saturated heterocycles. The number of halogens is 2. The van der Waals surface area contributed by atoms with E-state index in [0.29, 0.717) is 69.4 Å². The molecule has 6 heterocycles. The van der Waals surface area contributed by atoms with E-state index in [2.05, 4.69) is 32.7 Å². The minimum atomic E-state index is -2.84. The number of likely N-dealkylation sites (tertiary alicyclic amines) is 3. The van der Waals surface area contributed by atoms with Crippen molar-refractivity contribution in [3.05, 3.63) is 47.3 Å². The fourth-order valence-corrected chi connectivity index (χ4v) is 9.15. The number of anilines is 3. The molecule has 1 spiro atoms. The third-order valence-corrected chi connectivity index (χ3v) is 12.2. The number of carbonyl (C=O) groups excluding carboxylic acids is 2. The quantitative estimate of drug-likeness (QED) is 0.329. The Bertz CT molecular complexity index is 1900. The number of amides is 2. The molecule has 5 aliphatic rings. The van der Waals surface area contributed by atoms with E-state index < -0.39 is 17.6 Å². The molecule has 1 aliphatic carbocycles. The van der Waals surface area contributed by atoms with Crippen molar-refractivity contribution in [2.45, 2.75) is 95.6 Å². The summed E-state index contributed by atoms with van der Waals surface area (Å²) in [6, 6.07) is 7.21. The lowest BCUT2D eigenvalue weighted by Gasteiger charge is -2.55. The first kappa shape index (κ1) is 36.9. The second-order valence-electron chi connectivity index (χ2n) is 16.9. The normalized spacial score (nSPS) is 25.3. The lowest BCUT2D eigenvalue weighted by molar-refractivity contribution is -0.144. The molecule has 15 heteroatoms. The van der Waals surface area contributed by atoms with Crippen LogP contribution in [0.15, 0.2) is 30.5 Å². The Morgan fingerprint density at radius 3 is 2.48 bits per heavy atom. The first-order valence-corrected chi connectivity index (χ1v) is 19.4. The van der Waals surface area contributed by atoms with Gasteiger partial charge < -0.3 is 29.9 Å². The number of alkyl halides is 2. The average molecular weight is 750 g/mol. The Morgan fingerprint density at radius 1 is 1.04 bits per heavy atom. The molecule has 1 aromatic carbocycles. The maximum Gasteiger partial charge on any atom is 0.410 e. The Hall–Kier alpha value is -4.08. The number of fused-ring (bicyclic) bond motifs is 2. The van der Waals surface area contributed by atoms with Crippen LogP contribution in [-0.4, -0.2) is 131 Å². The van der Waals surface area contributed by atoms with Crippen LogP contribution in [0.1, 0.15) is 74.5 Å². The van der Waals surface area contributed by atoms with Gasteiger partial charge in [-0.15, -0.1) is 5.10 Å². The number of hydrogen-bond acceptors (Lipinski definition) is 10. The van der Waals surface area contributed by atoms with Crippen LogP contribution in [0.2, 0.25) is 0 Å². The van der Waals surface area contributed by atoms with E-state index in [9.17, 15) is 9.59 Å². The predicted octanol–water partition coefficient (Wildman–Crippen LogP) is 4.91. The second kappa shape index (κ2) is 13.9. The lowest BCUT2D eigenvalue weighted by Crippen LogP contribution is -2.65. The minimum Gasteiger partial charge on any atom is -0.444 e. The van der Waals surface area contributed by atoms with Crippen molar-refractivity contribution in [2.24, 2.45) is 5.41 Å². The Labute approximate surface area is 315 Å². The zero-order valence-electron chi connectivity index (χ0n) is 32.0. The van der Waals surface area contributed by atoms with Gasteiger partial charge in [0.05, 0.1) is 36.6 Å². The first-order valence-electron chi connectivity index (χ1n) is 19.4. The zero-order valence-corrected chi connectivity index (χ0v) is 32.0. The number of benzene rings is 1.